The molecule has 0 aliphatic heterocycles. The minimum atomic E-state index is -0.999. The Hall–Kier alpha value is -2.28. The maximum Gasteiger partial charge on any atom is 0.320 e. The van der Waals surface area contributed by atoms with Gasteiger partial charge in [-0.05, 0) is 31.9 Å². The zero-order valence-electron chi connectivity index (χ0n) is 11.5. The monoisotopic (exact) mass is 279 g/mol. The van der Waals surface area contributed by atoms with Crippen molar-refractivity contribution in [1.29, 1.82) is 0 Å². The molecule has 1 rings (SSSR count). The van der Waals surface area contributed by atoms with Gasteiger partial charge in [0.2, 0.25) is 5.96 Å². The summed E-state index contributed by atoms with van der Waals surface area (Å²) in [5.74, 6) is -0.754. The summed E-state index contributed by atoms with van der Waals surface area (Å²) in [5, 5.41) is 8.61. The van der Waals surface area contributed by atoms with E-state index in [9.17, 15) is 4.79 Å². The van der Waals surface area contributed by atoms with Crippen molar-refractivity contribution in [3.05, 3.63) is 29.8 Å². The number of rotatable bonds is 7. The van der Waals surface area contributed by atoms with Crippen LogP contribution in [-0.2, 0) is 4.79 Å². The number of aliphatic imine (C=N–C) groups is 1. The standard InChI is InChI=1S/C13H21N5O2/c1-9-4-6-10(7-5-9)17-18-13(15)16-8-2-3-11(14)12(19)20/h4-7,11,17H,2-3,8,14H2,1H3,(H,19,20)(H3,15,16,18). The smallest absolute Gasteiger partial charge is 0.320 e. The molecule has 0 aliphatic rings. The summed E-state index contributed by atoms with van der Waals surface area (Å²) < 4.78 is 0. The van der Waals surface area contributed by atoms with Gasteiger partial charge in [-0.2, -0.15) is 0 Å². The van der Waals surface area contributed by atoms with E-state index in [0.29, 0.717) is 19.4 Å². The second kappa shape index (κ2) is 8.00. The molecular formula is C13H21N5O2. The number of benzene rings is 1. The fourth-order valence-corrected chi connectivity index (χ4v) is 1.45. The lowest BCUT2D eigenvalue weighted by molar-refractivity contribution is -0.138. The Morgan fingerprint density at radius 2 is 2.05 bits per heavy atom. The molecule has 0 bridgehead atoms. The first-order chi connectivity index (χ1) is 9.49. The van der Waals surface area contributed by atoms with Gasteiger partial charge in [0.05, 0.1) is 5.69 Å². The van der Waals surface area contributed by atoms with Crippen molar-refractivity contribution in [3.63, 3.8) is 0 Å². The lowest BCUT2D eigenvalue weighted by Crippen LogP contribution is -2.36. The Bertz CT molecular complexity index is 458. The fourth-order valence-electron chi connectivity index (χ4n) is 1.45. The number of nitrogens with two attached hydrogens (primary N) is 2. The number of hydrazine groups is 1. The highest BCUT2D eigenvalue weighted by atomic mass is 16.4. The largest absolute Gasteiger partial charge is 0.480 e. The summed E-state index contributed by atoms with van der Waals surface area (Å²) in [6.45, 7) is 2.43. The van der Waals surface area contributed by atoms with Crippen LogP contribution in [-0.4, -0.2) is 29.6 Å². The SMILES string of the molecule is Cc1ccc(NNC(N)=NCCCC(N)C(=O)O)cc1. The number of anilines is 1. The van der Waals surface area contributed by atoms with Gasteiger partial charge in [-0.3, -0.25) is 20.6 Å². The highest BCUT2D eigenvalue weighted by Crippen LogP contribution is 2.06. The molecule has 0 aliphatic carbocycles. The molecule has 0 saturated heterocycles. The molecule has 0 spiro atoms. The number of carboxylic acid groups (broad SMARTS) is 1. The van der Waals surface area contributed by atoms with Crippen molar-refractivity contribution in [2.75, 3.05) is 12.0 Å². The number of carboxylic acids is 1. The molecule has 0 aromatic heterocycles. The van der Waals surface area contributed by atoms with Crippen molar-refractivity contribution in [1.82, 2.24) is 5.43 Å². The van der Waals surface area contributed by atoms with E-state index in [0.717, 1.165) is 5.69 Å². The number of hydrogen-bond acceptors (Lipinski definition) is 4. The van der Waals surface area contributed by atoms with Crippen molar-refractivity contribution in [2.24, 2.45) is 16.5 Å². The number of carbonyl (C=O) groups is 1. The van der Waals surface area contributed by atoms with Crippen LogP contribution in [0.15, 0.2) is 29.3 Å². The van der Waals surface area contributed by atoms with E-state index in [-0.39, 0.29) is 5.96 Å². The molecule has 7 nitrogen and oxygen atoms in total. The van der Waals surface area contributed by atoms with E-state index in [4.69, 9.17) is 16.6 Å². The van der Waals surface area contributed by atoms with Gasteiger partial charge in [0.1, 0.15) is 6.04 Å². The highest BCUT2D eigenvalue weighted by molar-refractivity contribution is 5.79. The Morgan fingerprint density at radius 1 is 1.40 bits per heavy atom. The van der Waals surface area contributed by atoms with Crippen LogP contribution in [0.4, 0.5) is 5.69 Å². The minimum Gasteiger partial charge on any atom is -0.480 e. The first-order valence-electron chi connectivity index (χ1n) is 6.36. The van der Waals surface area contributed by atoms with Gasteiger partial charge in [-0.1, -0.05) is 17.7 Å². The van der Waals surface area contributed by atoms with Crippen molar-refractivity contribution in [2.45, 2.75) is 25.8 Å². The third-order valence-corrected chi connectivity index (χ3v) is 2.66. The lowest BCUT2D eigenvalue weighted by Gasteiger charge is -2.09. The molecule has 0 heterocycles. The van der Waals surface area contributed by atoms with Gasteiger partial charge in [-0.15, -0.1) is 0 Å². The van der Waals surface area contributed by atoms with E-state index in [1.165, 1.54) is 5.56 Å². The van der Waals surface area contributed by atoms with Crippen LogP contribution >= 0.6 is 0 Å². The summed E-state index contributed by atoms with van der Waals surface area (Å²) in [5.41, 5.74) is 18.8. The molecule has 1 aromatic carbocycles. The number of aryl methyl sites for hydroxylation is 1. The molecule has 0 fully saturated rings. The summed E-state index contributed by atoms with van der Waals surface area (Å²) in [7, 11) is 0. The molecule has 20 heavy (non-hydrogen) atoms. The van der Waals surface area contributed by atoms with E-state index in [1.807, 2.05) is 31.2 Å². The van der Waals surface area contributed by atoms with Crippen LogP contribution in [0.25, 0.3) is 0 Å². The van der Waals surface area contributed by atoms with E-state index in [1.54, 1.807) is 0 Å². The van der Waals surface area contributed by atoms with Crippen LogP contribution < -0.4 is 22.3 Å². The van der Waals surface area contributed by atoms with Gasteiger partial charge >= 0.3 is 5.97 Å². The van der Waals surface area contributed by atoms with Gasteiger partial charge in [0.15, 0.2) is 0 Å². The number of hydrogen-bond donors (Lipinski definition) is 5. The molecular weight excluding hydrogens is 258 g/mol. The number of aliphatic carboxylic acids is 1. The zero-order valence-corrected chi connectivity index (χ0v) is 11.5. The second-order valence-electron chi connectivity index (χ2n) is 4.47. The number of nitrogens with one attached hydrogen (secondary N) is 2. The van der Waals surface area contributed by atoms with Crippen LogP contribution in [0.2, 0.25) is 0 Å². The third kappa shape index (κ3) is 6.05. The quantitative estimate of drug-likeness (QED) is 0.213. The first kappa shape index (κ1) is 15.8. The van der Waals surface area contributed by atoms with Crippen LogP contribution in [0.5, 0.6) is 0 Å². The van der Waals surface area contributed by atoms with Crippen molar-refractivity contribution < 1.29 is 9.90 Å². The van der Waals surface area contributed by atoms with Crippen LogP contribution in [0.3, 0.4) is 0 Å². The minimum absolute atomic E-state index is 0.245. The molecule has 7 heteroatoms. The molecule has 1 atom stereocenters. The lowest BCUT2D eigenvalue weighted by atomic mass is 10.2. The first-order valence-corrected chi connectivity index (χ1v) is 6.36. The summed E-state index contributed by atoms with van der Waals surface area (Å²) in [6.07, 6.45) is 0.942. The van der Waals surface area contributed by atoms with Gasteiger partial charge in [0.25, 0.3) is 0 Å². The predicted octanol–water partition coefficient (Wildman–Crippen LogP) is 0.418. The average molecular weight is 279 g/mol. The third-order valence-electron chi connectivity index (χ3n) is 2.66. The molecule has 0 amide bonds. The number of nitrogens with zero attached hydrogens (tertiary/aromatic N) is 1. The summed E-state index contributed by atoms with van der Waals surface area (Å²) in [4.78, 5) is 14.6. The van der Waals surface area contributed by atoms with Crippen molar-refractivity contribution >= 4 is 17.6 Å². The van der Waals surface area contributed by atoms with E-state index in [2.05, 4.69) is 15.8 Å². The van der Waals surface area contributed by atoms with Crippen LogP contribution in [0, 0.1) is 6.92 Å². The Balaban J connectivity index is 2.25. The predicted molar refractivity (Wildman–Crippen MR) is 79.3 cm³/mol. The zero-order chi connectivity index (χ0) is 15.0. The molecule has 7 N–H and O–H groups in total. The molecule has 0 radical (unpaired) electrons. The summed E-state index contributed by atoms with van der Waals surface area (Å²) >= 11 is 0. The van der Waals surface area contributed by atoms with Gasteiger partial charge in [0, 0.05) is 6.54 Å². The fraction of sp³-hybridized carbons (Fsp3) is 0.385. The molecule has 0 saturated carbocycles. The maximum atomic E-state index is 10.5. The van der Waals surface area contributed by atoms with E-state index < -0.39 is 12.0 Å². The normalized spacial score (nSPS) is 12.8. The molecule has 1 aromatic rings. The van der Waals surface area contributed by atoms with Gasteiger partial charge < -0.3 is 16.6 Å². The van der Waals surface area contributed by atoms with Crippen LogP contribution in [0.1, 0.15) is 18.4 Å². The highest BCUT2D eigenvalue weighted by Gasteiger charge is 2.09. The number of guanidine groups is 1. The Kier molecular flexibility index (Phi) is 6.31. The van der Waals surface area contributed by atoms with Gasteiger partial charge in [-0.25, -0.2) is 0 Å². The Labute approximate surface area is 118 Å². The summed E-state index contributed by atoms with van der Waals surface area (Å²) in [6, 6.07) is 6.95. The van der Waals surface area contributed by atoms with Crippen molar-refractivity contribution in [3.8, 4) is 0 Å². The molecule has 1 unspecified atom stereocenters. The van der Waals surface area contributed by atoms with E-state index >= 15 is 0 Å². The average Bonchev–Trinajstić information content (AvgIpc) is 2.42. The topological polar surface area (TPSA) is 126 Å². The molecule has 110 valence electrons. The second-order valence-corrected chi connectivity index (χ2v) is 4.47. The maximum absolute atomic E-state index is 10.5. The Morgan fingerprint density at radius 3 is 2.65 bits per heavy atom.